The number of halogens is 2. The quantitative estimate of drug-likeness (QED) is 0.174. The van der Waals surface area contributed by atoms with Crippen LogP contribution in [0, 0.1) is 0 Å². The summed E-state index contributed by atoms with van der Waals surface area (Å²) in [6.45, 7) is 0. The van der Waals surface area contributed by atoms with Crippen molar-refractivity contribution in [3.8, 4) is 22.8 Å². The second-order valence-electron chi connectivity index (χ2n) is 6.95. The van der Waals surface area contributed by atoms with Crippen molar-refractivity contribution in [2.45, 2.75) is 5.16 Å². The molecule has 4 rings (SSSR count). The lowest BCUT2D eigenvalue weighted by atomic mass is 10.2. The summed E-state index contributed by atoms with van der Waals surface area (Å²) in [4.78, 5) is 12.4. The van der Waals surface area contributed by atoms with Gasteiger partial charge in [-0.25, -0.2) is 5.43 Å². The van der Waals surface area contributed by atoms with Gasteiger partial charge in [0.25, 0.3) is 5.91 Å². The van der Waals surface area contributed by atoms with Gasteiger partial charge in [0.1, 0.15) is 5.75 Å². The first kappa shape index (κ1) is 24.0. The van der Waals surface area contributed by atoms with Gasteiger partial charge in [-0.1, -0.05) is 57.5 Å². The van der Waals surface area contributed by atoms with E-state index in [9.17, 15) is 4.79 Å². The molecule has 3 aromatic carbocycles. The number of carbonyl (C=O) groups excluding carboxylic acids is 1. The van der Waals surface area contributed by atoms with E-state index >= 15 is 0 Å². The minimum absolute atomic E-state index is 0.110. The van der Waals surface area contributed by atoms with E-state index in [2.05, 4.69) is 36.7 Å². The van der Waals surface area contributed by atoms with Crippen LogP contribution in [0.3, 0.4) is 0 Å². The van der Waals surface area contributed by atoms with Gasteiger partial charge in [-0.05, 0) is 54.6 Å². The molecule has 0 aliphatic heterocycles. The number of nitrogens with zero attached hydrogens (tertiary/aromatic N) is 4. The number of rotatable bonds is 8. The molecule has 7 nitrogen and oxygen atoms in total. The molecule has 0 bridgehead atoms. The van der Waals surface area contributed by atoms with E-state index in [1.165, 1.54) is 18.0 Å². The summed E-state index contributed by atoms with van der Waals surface area (Å²) in [5.74, 6) is 1.15. The second kappa shape index (κ2) is 11.3. The molecular weight excluding hydrogens is 538 g/mol. The highest BCUT2D eigenvalue weighted by atomic mass is 79.9. The second-order valence-corrected chi connectivity index (χ2v) is 9.25. The Kier molecular flexibility index (Phi) is 7.99. The normalized spacial score (nSPS) is 11.0. The van der Waals surface area contributed by atoms with Crippen molar-refractivity contribution in [1.29, 1.82) is 0 Å². The number of ether oxygens (including phenoxy) is 1. The number of para-hydroxylation sites is 1. The number of thioether (sulfide) groups is 1. The van der Waals surface area contributed by atoms with Crippen LogP contribution in [0.5, 0.6) is 5.75 Å². The number of nitrogens with one attached hydrogen (secondary N) is 1. The molecule has 0 aliphatic rings. The molecular formula is C24H19BrClN5O2S. The van der Waals surface area contributed by atoms with Gasteiger partial charge < -0.3 is 4.74 Å². The van der Waals surface area contributed by atoms with Crippen molar-refractivity contribution in [3.05, 3.63) is 87.9 Å². The zero-order valence-corrected chi connectivity index (χ0v) is 21.1. The number of methoxy groups -OCH3 is 1. The Hall–Kier alpha value is -3.14. The maximum absolute atomic E-state index is 12.4. The fraction of sp³-hybridized carbons (Fsp3) is 0.0833. The Morgan fingerprint density at radius 3 is 2.65 bits per heavy atom. The molecule has 4 aromatic rings. The maximum Gasteiger partial charge on any atom is 0.250 e. The largest absolute Gasteiger partial charge is 0.496 e. The van der Waals surface area contributed by atoms with E-state index < -0.39 is 0 Å². The number of hydrazone groups is 1. The molecule has 1 amide bonds. The van der Waals surface area contributed by atoms with Gasteiger partial charge >= 0.3 is 0 Å². The van der Waals surface area contributed by atoms with Crippen LogP contribution >= 0.6 is 39.3 Å². The standard InChI is InChI=1S/C24H19BrClN5O2S/c1-33-21-12-9-18(25)13-17(21)14-27-28-22(32)15-34-24-30-29-23(16-7-10-19(26)11-8-16)31(24)20-5-3-2-4-6-20/h2-14H,15H2,1H3,(H,28,32). The monoisotopic (exact) mass is 555 g/mol. The van der Waals surface area contributed by atoms with Crippen molar-refractivity contribution in [2.24, 2.45) is 5.10 Å². The Morgan fingerprint density at radius 2 is 1.91 bits per heavy atom. The molecule has 0 saturated carbocycles. The summed E-state index contributed by atoms with van der Waals surface area (Å²) < 4.78 is 8.11. The van der Waals surface area contributed by atoms with Crippen molar-refractivity contribution < 1.29 is 9.53 Å². The molecule has 0 aliphatic carbocycles. The Balaban J connectivity index is 1.49. The van der Waals surface area contributed by atoms with Crippen LogP contribution < -0.4 is 10.2 Å². The molecule has 0 radical (unpaired) electrons. The molecule has 34 heavy (non-hydrogen) atoms. The van der Waals surface area contributed by atoms with E-state index in [0.29, 0.717) is 21.8 Å². The summed E-state index contributed by atoms with van der Waals surface area (Å²) in [6.07, 6.45) is 1.54. The molecule has 1 heterocycles. The van der Waals surface area contributed by atoms with Gasteiger partial charge in [0, 0.05) is 26.3 Å². The minimum atomic E-state index is -0.272. The molecule has 0 atom stereocenters. The molecule has 10 heteroatoms. The van der Waals surface area contributed by atoms with Crippen LogP contribution in [0.15, 0.2) is 87.5 Å². The topological polar surface area (TPSA) is 81.4 Å². The third-order valence-electron chi connectivity index (χ3n) is 4.67. The molecule has 0 fully saturated rings. The number of hydrogen-bond donors (Lipinski definition) is 1. The van der Waals surface area contributed by atoms with Gasteiger partial charge in [-0.3, -0.25) is 9.36 Å². The third kappa shape index (κ3) is 5.85. The fourth-order valence-corrected chi connectivity index (χ4v) is 4.35. The van der Waals surface area contributed by atoms with Crippen LogP contribution in [0.4, 0.5) is 0 Å². The van der Waals surface area contributed by atoms with Crippen molar-refractivity contribution >= 4 is 51.4 Å². The van der Waals surface area contributed by atoms with E-state index in [0.717, 1.165) is 21.3 Å². The molecule has 172 valence electrons. The lowest BCUT2D eigenvalue weighted by molar-refractivity contribution is -0.118. The van der Waals surface area contributed by atoms with Gasteiger partial charge in [-0.2, -0.15) is 5.10 Å². The molecule has 0 spiro atoms. The fourth-order valence-electron chi connectivity index (χ4n) is 3.10. The Labute approximate surface area is 214 Å². The number of benzene rings is 3. The summed E-state index contributed by atoms with van der Waals surface area (Å²) in [5, 5.41) is 14.0. The predicted octanol–water partition coefficient (Wildman–Crippen LogP) is 5.60. The minimum Gasteiger partial charge on any atom is -0.496 e. The smallest absolute Gasteiger partial charge is 0.250 e. The van der Waals surface area contributed by atoms with Gasteiger partial charge in [0.05, 0.1) is 19.1 Å². The van der Waals surface area contributed by atoms with Crippen LogP contribution in [-0.2, 0) is 4.79 Å². The summed E-state index contributed by atoms with van der Waals surface area (Å²) >= 11 is 10.7. The zero-order valence-electron chi connectivity index (χ0n) is 18.0. The first-order valence-electron chi connectivity index (χ1n) is 10.1. The first-order valence-corrected chi connectivity index (χ1v) is 12.3. The van der Waals surface area contributed by atoms with E-state index in [1.54, 1.807) is 19.2 Å². The highest BCUT2D eigenvalue weighted by molar-refractivity contribution is 9.10. The third-order valence-corrected chi connectivity index (χ3v) is 6.34. The summed E-state index contributed by atoms with van der Waals surface area (Å²) in [6, 6.07) is 22.7. The van der Waals surface area contributed by atoms with E-state index in [1.807, 2.05) is 65.2 Å². The number of carbonyl (C=O) groups is 1. The van der Waals surface area contributed by atoms with E-state index in [4.69, 9.17) is 16.3 Å². The predicted molar refractivity (Wildman–Crippen MR) is 139 cm³/mol. The molecule has 1 aromatic heterocycles. The van der Waals surface area contributed by atoms with Crippen LogP contribution in [-0.4, -0.2) is 39.7 Å². The van der Waals surface area contributed by atoms with Crippen LogP contribution in [0.2, 0.25) is 5.02 Å². The number of amides is 1. The SMILES string of the molecule is COc1ccc(Br)cc1C=NNC(=O)CSc1nnc(-c2ccc(Cl)cc2)n1-c1ccccc1. The van der Waals surface area contributed by atoms with Gasteiger partial charge in [-0.15, -0.1) is 10.2 Å². The maximum atomic E-state index is 12.4. The lowest BCUT2D eigenvalue weighted by Gasteiger charge is -2.10. The van der Waals surface area contributed by atoms with Crippen molar-refractivity contribution in [2.75, 3.05) is 12.9 Å². The highest BCUT2D eigenvalue weighted by Gasteiger charge is 2.17. The first-order chi connectivity index (χ1) is 16.5. The Bertz CT molecular complexity index is 1310. The summed E-state index contributed by atoms with van der Waals surface area (Å²) in [5.41, 5.74) is 5.03. The molecule has 0 unspecified atom stereocenters. The van der Waals surface area contributed by atoms with Crippen molar-refractivity contribution in [3.63, 3.8) is 0 Å². The summed E-state index contributed by atoms with van der Waals surface area (Å²) in [7, 11) is 1.58. The number of aromatic nitrogens is 3. The van der Waals surface area contributed by atoms with Gasteiger partial charge in [0.2, 0.25) is 0 Å². The van der Waals surface area contributed by atoms with Crippen LogP contribution in [0.25, 0.3) is 17.1 Å². The van der Waals surface area contributed by atoms with Crippen molar-refractivity contribution in [1.82, 2.24) is 20.2 Å². The lowest BCUT2D eigenvalue weighted by Crippen LogP contribution is -2.20. The van der Waals surface area contributed by atoms with E-state index in [-0.39, 0.29) is 11.7 Å². The zero-order chi connectivity index (χ0) is 23.9. The Morgan fingerprint density at radius 1 is 1.15 bits per heavy atom. The average Bonchev–Trinajstić information content (AvgIpc) is 3.28. The van der Waals surface area contributed by atoms with Crippen LogP contribution in [0.1, 0.15) is 5.56 Å². The molecule has 1 N–H and O–H groups in total. The number of hydrogen-bond acceptors (Lipinski definition) is 6. The van der Waals surface area contributed by atoms with Gasteiger partial charge in [0.15, 0.2) is 11.0 Å². The average molecular weight is 557 g/mol. The highest BCUT2D eigenvalue weighted by Crippen LogP contribution is 2.28. The molecule has 0 saturated heterocycles.